The van der Waals surface area contributed by atoms with Crippen molar-refractivity contribution < 1.29 is 0 Å². The van der Waals surface area contributed by atoms with E-state index < -0.39 is 0 Å². The summed E-state index contributed by atoms with van der Waals surface area (Å²) in [7, 11) is 0. The van der Waals surface area contributed by atoms with Crippen LogP contribution in [-0.4, -0.2) is 0 Å². The third-order valence-corrected chi connectivity index (χ3v) is 3.02. The summed E-state index contributed by atoms with van der Waals surface area (Å²) in [6.45, 7) is 6.44. The summed E-state index contributed by atoms with van der Waals surface area (Å²) in [6.07, 6.45) is 3.84. The smallest absolute Gasteiger partial charge is 0.132 e. The Morgan fingerprint density at radius 1 is 1.36 bits per heavy atom. The zero-order valence-corrected chi connectivity index (χ0v) is 8.89. The minimum Gasteiger partial charge on any atom is -0.192 e. The van der Waals surface area contributed by atoms with Gasteiger partial charge in [-0.15, -0.1) is 0 Å². The van der Waals surface area contributed by atoms with E-state index in [9.17, 15) is 0 Å². The van der Waals surface area contributed by atoms with Gasteiger partial charge in [0, 0.05) is 0 Å². The van der Waals surface area contributed by atoms with E-state index in [1.807, 2.05) is 18.2 Å². The molecule has 2 nitrogen and oxygen atoms in total. The predicted octanol–water partition coefficient (Wildman–Crippen LogP) is 3.10. The number of allylic oxidation sites excluding steroid dienone is 4. The molecule has 0 fully saturated rings. The van der Waals surface area contributed by atoms with Gasteiger partial charge in [-0.3, -0.25) is 0 Å². The molecule has 0 atom stereocenters. The van der Waals surface area contributed by atoms with Crippen molar-refractivity contribution in [1.29, 1.82) is 10.5 Å². The summed E-state index contributed by atoms with van der Waals surface area (Å²) >= 11 is 0. The van der Waals surface area contributed by atoms with Crippen molar-refractivity contribution in [1.82, 2.24) is 0 Å². The lowest BCUT2D eigenvalue weighted by atomic mass is 9.74. The first kappa shape index (κ1) is 10.5. The summed E-state index contributed by atoms with van der Waals surface area (Å²) in [5.41, 5.74) is 2.62. The van der Waals surface area contributed by atoms with E-state index in [2.05, 4.69) is 20.8 Å². The molecular weight excluding hydrogens is 172 g/mol. The van der Waals surface area contributed by atoms with Crippen LogP contribution in [0.3, 0.4) is 0 Å². The average Bonchev–Trinajstić information content (AvgIpc) is 2.13. The van der Waals surface area contributed by atoms with Crippen LogP contribution in [0.4, 0.5) is 0 Å². The van der Waals surface area contributed by atoms with Crippen LogP contribution < -0.4 is 0 Å². The first-order valence-corrected chi connectivity index (χ1v) is 4.73. The molecule has 0 aromatic heterocycles. The average molecular weight is 186 g/mol. The molecule has 0 spiro atoms. The lowest BCUT2D eigenvalue weighted by Crippen LogP contribution is -2.17. The number of nitriles is 2. The van der Waals surface area contributed by atoms with Crippen LogP contribution in [0.1, 0.15) is 33.6 Å². The standard InChI is InChI=1S/C12H14N2/c1-9-6-10(11(7-13)8-14)4-5-12(9,2)3/h6H,4-5H2,1-3H3. The molecule has 2 heteroatoms. The molecule has 1 rings (SSSR count). The molecule has 0 saturated carbocycles. The monoisotopic (exact) mass is 186 g/mol. The molecule has 0 aromatic carbocycles. The zero-order valence-electron chi connectivity index (χ0n) is 8.89. The Morgan fingerprint density at radius 2 is 1.93 bits per heavy atom. The summed E-state index contributed by atoms with van der Waals surface area (Å²) in [5.74, 6) is 0. The van der Waals surface area contributed by atoms with E-state index in [-0.39, 0.29) is 11.0 Å². The van der Waals surface area contributed by atoms with Crippen molar-refractivity contribution in [3.63, 3.8) is 0 Å². The molecule has 0 amide bonds. The summed E-state index contributed by atoms with van der Waals surface area (Å²) in [4.78, 5) is 0. The molecular formula is C12H14N2. The summed E-state index contributed by atoms with van der Waals surface area (Å²) in [5, 5.41) is 17.5. The van der Waals surface area contributed by atoms with E-state index in [0.29, 0.717) is 0 Å². The largest absolute Gasteiger partial charge is 0.192 e. The number of nitrogens with zero attached hydrogens (tertiary/aromatic N) is 2. The van der Waals surface area contributed by atoms with Gasteiger partial charge >= 0.3 is 0 Å². The topological polar surface area (TPSA) is 47.6 Å². The lowest BCUT2D eigenvalue weighted by molar-refractivity contribution is 0.396. The maximum atomic E-state index is 8.74. The van der Waals surface area contributed by atoms with Gasteiger partial charge in [-0.1, -0.05) is 25.5 Å². The first-order chi connectivity index (χ1) is 6.51. The first-order valence-electron chi connectivity index (χ1n) is 4.73. The molecule has 1 aliphatic carbocycles. The van der Waals surface area contributed by atoms with Gasteiger partial charge in [0.2, 0.25) is 0 Å². The number of hydrogen-bond donors (Lipinski definition) is 0. The molecule has 72 valence electrons. The highest BCUT2D eigenvalue weighted by Crippen LogP contribution is 2.38. The molecule has 0 saturated heterocycles. The van der Waals surface area contributed by atoms with E-state index in [1.165, 1.54) is 5.57 Å². The van der Waals surface area contributed by atoms with Crippen LogP contribution in [0.2, 0.25) is 0 Å². The third-order valence-electron chi connectivity index (χ3n) is 3.02. The Hall–Kier alpha value is -1.54. The van der Waals surface area contributed by atoms with Gasteiger partial charge in [0.15, 0.2) is 0 Å². The second-order valence-electron chi connectivity index (χ2n) is 4.34. The second kappa shape index (κ2) is 3.68. The Labute approximate surface area is 85.2 Å². The van der Waals surface area contributed by atoms with Crippen molar-refractivity contribution in [3.8, 4) is 12.1 Å². The molecule has 0 bridgehead atoms. The predicted molar refractivity (Wildman–Crippen MR) is 55.0 cm³/mol. The Balaban J connectivity index is 3.15. The van der Waals surface area contributed by atoms with Crippen molar-refractivity contribution >= 4 is 0 Å². The van der Waals surface area contributed by atoms with Crippen LogP contribution >= 0.6 is 0 Å². The van der Waals surface area contributed by atoms with Gasteiger partial charge in [0.1, 0.15) is 17.7 Å². The van der Waals surface area contributed by atoms with Gasteiger partial charge in [0.25, 0.3) is 0 Å². The fraction of sp³-hybridized carbons (Fsp3) is 0.500. The third kappa shape index (κ3) is 1.86. The van der Waals surface area contributed by atoms with Gasteiger partial charge in [-0.05, 0) is 30.8 Å². The summed E-state index contributed by atoms with van der Waals surface area (Å²) in [6, 6.07) is 3.89. The minimum absolute atomic E-state index is 0.208. The van der Waals surface area contributed by atoms with Crippen LogP contribution in [0.25, 0.3) is 0 Å². The SMILES string of the molecule is CC1=CC(=C(C#N)C#N)CCC1(C)C. The van der Waals surface area contributed by atoms with Gasteiger partial charge in [-0.25, -0.2) is 0 Å². The molecule has 0 radical (unpaired) electrons. The minimum atomic E-state index is 0.208. The maximum Gasteiger partial charge on any atom is 0.132 e. The van der Waals surface area contributed by atoms with Crippen LogP contribution in [0.5, 0.6) is 0 Å². The normalized spacial score (nSPS) is 19.2. The van der Waals surface area contributed by atoms with Crippen LogP contribution in [0, 0.1) is 28.1 Å². The van der Waals surface area contributed by atoms with Crippen molar-refractivity contribution in [2.45, 2.75) is 33.6 Å². The van der Waals surface area contributed by atoms with Gasteiger partial charge in [0.05, 0.1) is 0 Å². The Morgan fingerprint density at radius 3 is 2.36 bits per heavy atom. The van der Waals surface area contributed by atoms with E-state index >= 15 is 0 Å². The van der Waals surface area contributed by atoms with Gasteiger partial charge in [-0.2, -0.15) is 10.5 Å². The molecule has 0 heterocycles. The van der Waals surface area contributed by atoms with Crippen LogP contribution in [0.15, 0.2) is 22.8 Å². The number of hydrogen-bond acceptors (Lipinski definition) is 2. The molecule has 14 heavy (non-hydrogen) atoms. The molecule has 0 aliphatic heterocycles. The van der Waals surface area contributed by atoms with Crippen LogP contribution in [-0.2, 0) is 0 Å². The number of rotatable bonds is 0. The second-order valence-corrected chi connectivity index (χ2v) is 4.34. The van der Waals surface area contributed by atoms with Crippen molar-refractivity contribution in [2.75, 3.05) is 0 Å². The summed E-state index contributed by atoms with van der Waals surface area (Å²) < 4.78 is 0. The molecule has 1 aliphatic rings. The van der Waals surface area contributed by atoms with Crippen molar-refractivity contribution in [3.05, 3.63) is 22.8 Å². The quantitative estimate of drug-likeness (QED) is 0.546. The van der Waals surface area contributed by atoms with E-state index in [1.54, 1.807) is 0 Å². The molecule has 0 unspecified atom stereocenters. The highest BCUT2D eigenvalue weighted by Gasteiger charge is 2.25. The molecule has 0 N–H and O–H groups in total. The Kier molecular flexibility index (Phi) is 2.77. The van der Waals surface area contributed by atoms with Crippen molar-refractivity contribution in [2.24, 2.45) is 5.41 Å². The fourth-order valence-corrected chi connectivity index (χ4v) is 1.54. The fourth-order valence-electron chi connectivity index (χ4n) is 1.54. The Bertz CT molecular complexity index is 368. The zero-order chi connectivity index (χ0) is 10.8. The van der Waals surface area contributed by atoms with E-state index in [4.69, 9.17) is 10.5 Å². The maximum absolute atomic E-state index is 8.74. The highest BCUT2D eigenvalue weighted by atomic mass is 14.3. The van der Waals surface area contributed by atoms with Gasteiger partial charge < -0.3 is 0 Å². The lowest BCUT2D eigenvalue weighted by Gasteiger charge is -2.30. The highest BCUT2D eigenvalue weighted by molar-refractivity contribution is 5.47. The molecule has 0 aromatic rings. The van der Waals surface area contributed by atoms with E-state index in [0.717, 1.165) is 18.4 Å².